The number of halogens is 1. The first-order valence-corrected chi connectivity index (χ1v) is 8.57. The molecule has 1 amide bonds. The van der Waals surface area contributed by atoms with Crippen LogP contribution in [-0.4, -0.2) is 42.6 Å². The van der Waals surface area contributed by atoms with Crippen LogP contribution in [0.1, 0.15) is 43.0 Å². The van der Waals surface area contributed by atoms with Crippen molar-refractivity contribution in [1.82, 2.24) is 10.2 Å². The minimum atomic E-state index is -0.146. The van der Waals surface area contributed by atoms with Crippen LogP contribution in [0.2, 0.25) is 5.02 Å². The molecule has 2 fully saturated rings. The molecule has 3 atom stereocenters. The summed E-state index contributed by atoms with van der Waals surface area (Å²) >= 11 is 6.06. The summed E-state index contributed by atoms with van der Waals surface area (Å²) in [6.07, 6.45) is 4.49. The van der Waals surface area contributed by atoms with E-state index in [0.717, 1.165) is 12.8 Å². The van der Waals surface area contributed by atoms with Gasteiger partial charge >= 0.3 is 0 Å². The van der Waals surface area contributed by atoms with Gasteiger partial charge in [-0.05, 0) is 45.2 Å². The van der Waals surface area contributed by atoms with Gasteiger partial charge in [0, 0.05) is 24.2 Å². The molecule has 2 heterocycles. The monoisotopic (exact) mass is 337 g/mol. The molecule has 126 valence electrons. The normalized spacial score (nSPS) is 27.5. The highest BCUT2D eigenvalue weighted by atomic mass is 35.5. The molecule has 0 aromatic heterocycles. The van der Waals surface area contributed by atoms with Crippen molar-refractivity contribution in [1.29, 1.82) is 0 Å². The molecule has 23 heavy (non-hydrogen) atoms. The third kappa shape index (κ3) is 3.26. The number of amides is 1. The highest BCUT2D eigenvalue weighted by Gasteiger charge is 2.36. The molecule has 2 aliphatic heterocycles. The van der Waals surface area contributed by atoms with E-state index >= 15 is 0 Å². The predicted molar refractivity (Wildman–Crippen MR) is 92.1 cm³/mol. The Hall–Kier alpha value is -1.46. The summed E-state index contributed by atoms with van der Waals surface area (Å²) in [5.41, 5.74) is 6.63. The maximum atomic E-state index is 12.7. The second kappa shape index (κ2) is 6.57. The summed E-state index contributed by atoms with van der Waals surface area (Å²) < 4.78 is 5.27. The highest BCUT2D eigenvalue weighted by Crippen LogP contribution is 2.32. The SMILES string of the molecule is COc1cc(N)c(Cl)cc1C(=O)NC1CC(C)N2CCCC2C1. The maximum absolute atomic E-state index is 12.7. The third-order valence-electron chi connectivity index (χ3n) is 5.07. The van der Waals surface area contributed by atoms with Crippen LogP contribution in [0.25, 0.3) is 0 Å². The lowest BCUT2D eigenvalue weighted by Crippen LogP contribution is -2.51. The number of methoxy groups -OCH3 is 1. The second-order valence-corrected chi connectivity index (χ2v) is 7.01. The van der Waals surface area contributed by atoms with Crippen LogP contribution in [0.4, 0.5) is 5.69 Å². The third-order valence-corrected chi connectivity index (χ3v) is 5.40. The summed E-state index contributed by atoms with van der Waals surface area (Å²) in [6, 6.07) is 4.48. The molecular weight excluding hydrogens is 314 g/mol. The first-order valence-electron chi connectivity index (χ1n) is 8.19. The van der Waals surface area contributed by atoms with Crippen LogP contribution in [0, 0.1) is 0 Å². The molecule has 0 bridgehead atoms. The summed E-state index contributed by atoms with van der Waals surface area (Å²) in [5, 5.41) is 3.52. The fraction of sp³-hybridized carbons (Fsp3) is 0.588. The van der Waals surface area contributed by atoms with Gasteiger partial charge < -0.3 is 15.8 Å². The molecule has 0 aliphatic carbocycles. The van der Waals surface area contributed by atoms with Gasteiger partial charge in [0.05, 0.1) is 23.4 Å². The highest BCUT2D eigenvalue weighted by molar-refractivity contribution is 6.33. The van der Waals surface area contributed by atoms with Crippen molar-refractivity contribution in [2.75, 3.05) is 19.4 Å². The van der Waals surface area contributed by atoms with Gasteiger partial charge in [0.15, 0.2) is 0 Å². The van der Waals surface area contributed by atoms with Crippen molar-refractivity contribution in [3.63, 3.8) is 0 Å². The number of nitrogens with zero attached hydrogens (tertiary/aromatic N) is 1. The first kappa shape index (κ1) is 16.4. The van der Waals surface area contributed by atoms with Gasteiger partial charge in [-0.3, -0.25) is 9.69 Å². The van der Waals surface area contributed by atoms with E-state index in [1.807, 2.05) is 0 Å². The molecule has 0 spiro atoms. The topological polar surface area (TPSA) is 67.6 Å². The molecule has 1 aromatic rings. The Morgan fingerprint density at radius 2 is 2.22 bits per heavy atom. The minimum absolute atomic E-state index is 0.146. The van der Waals surface area contributed by atoms with Gasteiger partial charge in [0.25, 0.3) is 5.91 Å². The van der Waals surface area contributed by atoms with E-state index in [9.17, 15) is 4.79 Å². The number of nitrogens with one attached hydrogen (secondary N) is 1. The molecular formula is C17H24ClN3O2. The smallest absolute Gasteiger partial charge is 0.255 e. The Labute approximate surface area is 142 Å². The van der Waals surface area contributed by atoms with Crippen LogP contribution in [0.15, 0.2) is 12.1 Å². The number of fused-ring (bicyclic) bond motifs is 1. The molecule has 2 aliphatic rings. The number of hydrogen-bond acceptors (Lipinski definition) is 4. The van der Waals surface area contributed by atoms with Crippen LogP contribution in [0.5, 0.6) is 5.75 Å². The van der Waals surface area contributed by atoms with E-state index in [0.29, 0.717) is 34.1 Å². The average Bonchev–Trinajstić information content (AvgIpc) is 2.98. The van der Waals surface area contributed by atoms with Gasteiger partial charge in [-0.25, -0.2) is 0 Å². The number of anilines is 1. The van der Waals surface area contributed by atoms with Crippen LogP contribution >= 0.6 is 11.6 Å². The zero-order chi connectivity index (χ0) is 16.6. The Morgan fingerprint density at radius 3 is 2.96 bits per heavy atom. The number of piperidine rings is 1. The zero-order valence-electron chi connectivity index (χ0n) is 13.6. The van der Waals surface area contributed by atoms with E-state index in [-0.39, 0.29) is 11.9 Å². The number of benzene rings is 1. The summed E-state index contributed by atoms with van der Waals surface area (Å²) in [7, 11) is 1.53. The summed E-state index contributed by atoms with van der Waals surface area (Å²) in [6.45, 7) is 3.44. The zero-order valence-corrected chi connectivity index (χ0v) is 14.4. The Morgan fingerprint density at radius 1 is 1.43 bits per heavy atom. The van der Waals surface area contributed by atoms with Gasteiger partial charge in [-0.2, -0.15) is 0 Å². The molecule has 0 saturated carbocycles. The average molecular weight is 338 g/mol. The number of hydrogen-bond donors (Lipinski definition) is 2. The number of carbonyl (C=O) groups excluding carboxylic acids is 1. The number of nitrogen functional groups attached to an aromatic ring is 1. The standard InChI is InChI=1S/C17H24ClN3O2/c1-10-6-11(7-12-4-3-5-21(10)12)20-17(22)13-8-14(18)15(19)9-16(13)23-2/h8-12H,3-7,19H2,1-2H3,(H,20,22). The molecule has 6 heteroatoms. The molecule has 5 nitrogen and oxygen atoms in total. The van der Waals surface area contributed by atoms with E-state index in [1.165, 1.54) is 26.5 Å². The Bertz CT molecular complexity index is 608. The summed E-state index contributed by atoms with van der Waals surface area (Å²) in [5.74, 6) is 0.308. The Kier molecular flexibility index (Phi) is 4.69. The molecule has 0 radical (unpaired) electrons. The number of nitrogens with two attached hydrogens (primary N) is 1. The molecule has 1 aromatic carbocycles. The van der Waals surface area contributed by atoms with Crippen molar-refractivity contribution >= 4 is 23.2 Å². The van der Waals surface area contributed by atoms with Crippen molar-refractivity contribution in [3.8, 4) is 5.75 Å². The maximum Gasteiger partial charge on any atom is 0.255 e. The van der Waals surface area contributed by atoms with E-state index in [2.05, 4.69) is 17.1 Å². The minimum Gasteiger partial charge on any atom is -0.496 e. The van der Waals surface area contributed by atoms with Crippen molar-refractivity contribution < 1.29 is 9.53 Å². The van der Waals surface area contributed by atoms with Gasteiger partial charge in [0.1, 0.15) is 5.75 Å². The van der Waals surface area contributed by atoms with E-state index in [4.69, 9.17) is 22.1 Å². The largest absolute Gasteiger partial charge is 0.496 e. The first-order chi connectivity index (χ1) is 11.0. The van der Waals surface area contributed by atoms with Gasteiger partial charge in [-0.15, -0.1) is 0 Å². The fourth-order valence-electron chi connectivity index (χ4n) is 3.96. The van der Waals surface area contributed by atoms with Gasteiger partial charge in [0.2, 0.25) is 0 Å². The van der Waals surface area contributed by atoms with Gasteiger partial charge in [-0.1, -0.05) is 11.6 Å². The van der Waals surface area contributed by atoms with E-state index < -0.39 is 0 Å². The van der Waals surface area contributed by atoms with Crippen LogP contribution in [-0.2, 0) is 0 Å². The second-order valence-electron chi connectivity index (χ2n) is 6.60. The lowest BCUT2D eigenvalue weighted by Gasteiger charge is -2.40. The summed E-state index contributed by atoms with van der Waals surface area (Å²) in [4.78, 5) is 15.2. The lowest BCUT2D eigenvalue weighted by molar-refractivity contribution is 0.0823. The number of rotatable bonds is 3. The van der Waals surface area contributed by atoms with Crippen LogP contribution in [0.3, 0.4) is 0 Å². The van der Waals surface area contributed by atoms with Crippen molar-refractivity contribution in [2.24, 2.45) is 0 Å². The molecule has 2 saturated heterocycles. The molecule has 3 unspecified atom stereocenters. The van der Waals surface area contributed by atoms with Crippen molar-refractivity contribution in [2.45, 2.75) is 50.7 Å². The Balaban J connectivity index is 1.73. The molecule has 3 rings (SSSR count). The molecule has 3 N–H and O–H groups in total. The fourth-order valence-corrected chi connectivity index (χ4v) is 4.12. The quantitative estimate of drug-likeness (QED) is 0.832. The van der Waals surface area contributed by atoms with Crippen molar-refractivity contribution in [3.05, 3.63) is 22.7 Å². The predicted octanol–water partition coefficient (Wildman–Crippen LogP) is 2.68. The van der Waals surface area contributed by atoms with E-state index in [1.54, 1.807) is 12.1 Å². The number of carbonyl (C=O) groups is 1. The number of ether oxygens (including phenoxy) is 1. The van der Waals surface area contributed by atoms with Crippen LogP contribution < -0.4 is 15.8 Å². The lowest BCUT2D eigenvalue weighted by atomic mass is 9.92.